The molecule has 0 fully saturated rings. The van der Waals surface area contributed by atoms with E-state index in [0.717, 1.165) is 11.3 Å². The van der Waals surface area contributed by atoms with Crippen molar-refractivity contribution in [2.75, 3.05) is 18.1 Å². The number of likely N-dealkylation sites (N-methyl/N-ethyl adjacent to an activating group) is 1. The molecule has 1 aliphatic rings. The van der Waals surface area contributed by atoms with Gasteiger partial charge in [0, 0.05) is 12.6 Å². The second-order valence-electron chi connectivity index (χ2n) is 3.79. The number of anilines is 1. The number of carboxylic acids is 1. The van der Waals surface area contributed by atoms with Crippen molar-refractivity contribution < 1.29 is 19.4 Å². The Balaban J connectivity index is 2.22. The normalized spacial score (nSPS) is 13.7. The number of carbonyl (C=O) groups is 2. The summed E-state index contributed by atoms with van der Waals surface area (Å²) in [4.78, 5) is 23.7. The van der Waals surface area contributed by atoms with Crippen molar-refractivity contribution >= 4 is 17.6 Å². The number of hydrogen-bond donors (Lipinski definition) is 1. The number of carbonyl (C=O) groups excluding carboxylic acids is 1. The van der Waals surface area contributed by atoms with Crippen LogP contribution in [0, 0.1) is 0 Å². The first-order chi connectivity index (χ1) is 8.11. The van der Waals surface area contributed by atoms with Crippen LogP contribution in [0.15, 0.2) is 18.2 Å². The minimum atomic E-state index is -1.02. The number of benzene rings is 1. The molecule has 0 saturated carbocycles. The highest BCUT2D eigenvalue weighted by atomic mass is 16.5. The molecule has 1 amide bonds. The Bertz CT molecular complexity index is 470. The molecule has 5 heteroatoms. The number of amides is 1. The maximum Gasteiger partial charge on any atom is 0.341 e. The molecule has 0 aromatic heterocycles. The molecular weight excluding hydrogens is 222 g/mol. The van der Waals surface area contributed by atoms with Crippen LogP contribution in [0.25, 0.3) is 0 Å². The summed E-state index contributed by atoms with van der Waals surface area (Å²) in [6.45, 7) is 2.13. The van der Waals surface area contributed by atoms with Gasteiger partial charge >= 0.3 is 5.97 Å². The second-order valence-corrected chi connectivity index (χ2v) is 3.79. The van der Waals surface area contributed by atoms with Gasteiger partial charge in [-0.1, -0.05) is 6.07 Å². The summed E-state index contributed by atoms with van der Waals surface area (Å²) < 4.78 is 5.08. The SMILES string of the molecule is CCN1C(=O)Cc2ccc(OCC(=O)O)cc21. The zero-order valence-corrected chi connectivity index (χ0v) is 9.47. The van der Waals surface area contributed by atoms with Gasteiger partial charge in [-0.2, -0.15) is 0 Å². The maximum absolute atomic E-state index is 11.6. The molecule has 0 atom stereocenters. The molecular formula is C12H13NO4. The van der Waals surface area contributed by atoms with Crippen molar-refractivity contribution in [3.05, 3.63) is 23.8 Å². The minimum Gasteiger partial charge on any atom is -0.482 e. The zero-order chi connectivity index (χ0) is 12.4. The van der Waals surface area contributed by atoms with Crippen LogP contribution in [0.5, 0.6) is 5.75 Å². The van der Waals surface area contributed by atoms with E-state index in [1.807, 2.05) is 6.92 Å². The highest BCUT2D eigenvalue weighted by Crippen LogP contribution is 2.32. The molecule has 0 aliphatic carbocycles. The molecule has 1 aromatic carbocycles. The van der Waals surface area contributed by atoms with E-state index in [-0.39, 0.29) is 12.5 Å². The van der Waals surface area contributed by atoms with Gasteiger partial charge in [0.15, 0.2) is 6.61 Å². The number of fused-ring (bicyclic) bond motifs is 1. The summed E-state index contributed by atoms with van der Waals surface area (Å²) in [5, 5.41) is 8.52. The van der Waals surface area contributed by atoms with E-state index < -0.39 is 5.97 Å². The molecule has 2 rings (SSSR count). The number of nitrogens with zero attached hydrogens (tertiary/aromatic N) is 1. The van der Waals surface area contributed by atoms with E-state index in [1.165, 1.54) is 0 Å². The number of hydrogen-bond acceptors (Lipinski definition) is 3. The van der Waals surface area contributed by atoms with Gasteiger partial charge in [0.05, 0.1) is 12.1 Å². The Kier molecular flexibility index (Phi) is 2.99. The fourth-order valence-electron chi connectivity index (χ4n) is 1.92. The van der Waals surface area contributed by atoms with Gasteiger partial charge in [0.25, 0.3) is 0 Å². The van der Waals surface area contributed by atoms with Crippen LogP contribution in [-0.2, 0) is 16.0 Å². The van der Waals surface area contributed by atoms with Gasteiger partial charge in [0.1, 0.15) is 5.75 Å². The Morgan fingerprint density at radius 3 is 2.94 bits per heavy atom. The number of aliphatic carboxylic acids is 1. The largest absolute Gasteiger partial charge is 0.482 e. The average molecular weight is 235 g/mol. The molecule has 0 radical (unpaired) electrons. The van der Waals surface area contributed by atoms with Crippen LogP contribution in [0.4, 0.5) is 5.69 Å². The smallest absolute Gasteiger partial charge is 0.341 e. The van der Waals surface area contributed by atoms with E-state index >= 15 is 0 Å². The van der Waals surface area contributed by atoms with E-state index in [9.17, 15) is 9.59 Å². The molecule has 0 bridgehead atoms. The molecule has 1 N–H and O–H groups in total. The lowest BCUT2D eigenvalue weighted by Crippen LogP contribution is -2.25. The van der Waals surface area contributed by atoms with Crippen molar-refractivity contribution in [2.45, 2.75) is 13.3 Å². The summed E-state index contributed by atoms with van der Waals surface area (Å²) in [6, 6.07) is 5.21. The first kappa shape index (κ1) is 11.4. The Labute approximate surface area is 98.6 Å². The molecule has 0 unspecified atom stereocenters. The number of ether oxygens (including phenoxy) is 1. The van der Waals surface area contributed by atoms with Crippen LogP contribution in [-0.4, -0.2) is 30.1 Å². The predicted octanol–water partition coefficient (Wildman–Crippen LogP) is 1.06. The lowest BCUT2D eigenvalue weighted by Gasteiger charge is -2.15. The lowest BCUT2D eigenvalue weighted by molar-refractivity contribution is -0.139. The third-order valence-electron chi connectivity index (χ3n) is 2.67. The molecule has 0 saturated heterocycles. The van der Waals surface area contributed by atoms with Crippen LogP contribution in [0.1, 0.15) is 12.5 Å². The second kappa shape index (κ2) is 4.45. The average Bonchev–Trinajstić information content (AvgIpc) is 2.61. The standard InChI is InChI=1S/C12H13NO4/c1-2-13-10-6-9(17-7-12(15)16)4-3-8(10)5-11(13)14/h3-4,6H,2,5,7H2,1H3,(H,15,16). The van der Waals surface area contributed by atoms with Gasteiger partial charge in [0.2, 0.25) is 5.91 Å². The fraction of sp³-hybridized carbons (Fsp3) is 0.333. The summed E-state index contributed by atoms with van der Waals surface area (Å²) in [7, 11) is 0. The minimum absolute atomic E-state index is 0.0675. The van der Waals surface area contributed by atoms with E-state index in [4.69, 9.17) is 9.84 Å². The van der Waals surface area contributed by atoms with E-state index in [1.54, 1.807) is 23.1 Å². The molecule has 1 heterocycles. The van der Waals surface area contributed by atoms with Crippen molar-refractivity contribution in [1.29, 1.82) is 0 Å². The van der Waals surface area contributed by atoms with Gasteiger partial charge in [-0.15, -0.1) is 0 Å². The van der Waals surface area contributed by atoms with Crippen LogP contribution >= 0.6 is 0 Å². The predicted molar refractivity (Wildman–Crippen MR) is 61.3 cm³/mol. The third-order valence-corrected chi connectivity index (χ3v) is 2.67. The van der Waals surface area contributed by atoms with Crippen molar-refractivity contribution in [3.8, 4) is 5.75 Å². The van der Waals surface area contributed by atoms with Gasteiger partial charge in [-0.3, -0.25) is 4.79 Å². The molecule has 1 aliphatic heterocycles. The van der Waals surface area contributed by atoms with Crippen LogP contribution in [0.3, 0.4) is 0 Å². The van der Waals surface area contributed by atoms with Gasteiger partial charge in [-0.05, 0) is 18.6 Å². The van der Waals surface area contributed by atoms with E-state index in [2.05, 4.69) is 0 Å². The topological polar surface area (TPSA) is 66.8 Å². The van der Waals surface area contributed by atoms with Crippen molar-refractivity contribution in [2.24, 2.45) is 0 Å². The Morgan fingerprint density at radius 1 is 1.53 bits per heavy atom. The zero-order valence-electron chi connectivity index (χ0n) is 9.47. The number of rotatable bonds is 4. The quantitative estimate of drug-likeness (QED) is 0.847. The summed E-state index contributed by atoms with van der Waals surface area (Å²) in [5.41, 5.74) is 1.78. The van der Waals surface area contributed by atoms with Gasteiger partial charge in [-0.25, -0.2) is 4.79 Å². The maximum atomic E-state index is 11.6. The molecule has 1 aromatic rings. The van der Waals surface area contributed by atoms with Crippen LogP contribution in [0.2, 0.25) is 0 Å². The van der Waals surface area contributed by atoms with Crippen molar-refractivity contribution in [3.63, 3.8) is 0 Å². The number of carboxylic acid groups (broad SMARTS) is 1. The van der Waals surface area contributed by atoms with Crippen LogP contribution < -0.4 is 9.64 Å². The third kappa shape index (κ3) is 2.22. The fourth-order valence-corrected chi connectivity index (χ4v) is 1.92. The first-order valence-corrected chi connectivity index (χ1v) is 5.39. The summed E-state index contributed by atoms with van der Waals surface area (Å²) in [5.74, 6) is -0.480. The Hall–Kier alpha value is -2.04. The lowest BCUT2D eigenvalue weighted by atomic mass is 10.1. The summed E-state index contributed by atoms with van der Waals surface area (Å²) in [6.07, 6.45) is 0.405. The highest BCUT2D eigenvalue weighted by molar-refractivity contribution is 6.01. The molecule has 5 nitrogen and oxygen atoms in total. The highest BCUT2D eigenvalue weighted by Gasteiger charge is 2.26. The van der Waals surface area contributed by atoms with Gasteiger partial charge < -0.3 is 14.7 Å². The monoisotopic (exact) mass is 235 g/mol. The molecule has 17 heavy (non-hydrogen) atoms. The van der Waals surface area contributed by atoms with Crippen molar-refractivity contribution in [1.82, 2.24) is 0 Å². The van der Waals surface area contributed by atoms with E-state index in [0.29, 0.717) is 18.7 Å². The molecule has 0 spiro atoms. The first-order valence-electron chi connectivity index (χ1n) is 5.39. The molecule has 90 valence electrons. The Morgan fingerprint density at radius 2 is 2.29 bits per heavy atom. The summed E-state index contributed by atoms with van der Waals surface area (Å²) >= 11 is 0.